The average Bonchev–Trinajstić information content (AvgIpc) is 3.20. The van der Waals surface area contributed by atoms with Gasteiger partial charge in [0.15, 0.2) is 0 Å². The van der Waals surface area contributed by atoms with Crippen LogP contribution in [0.3, 0.4) is 0 Å². The molecule has 0 aliphatic heterocycles. The van der Waals surface area contributed by atoms with Gasteiger partial charge in [0.2, 0.25) is 0 Å². The van der Waals surface area contributed by atoms with Crippen molar-refractivity contribution >= 4 is 21.8 Å². The first-order valence-electron chi connectivity index (χ1n) is 5.49. The number of nitrogens with one attached hydrogen (secondary N) is 1. The highest BCUT2D eigenvalue weighted by Gasteiger charge is 2.29. The maximum absolute atomic E-state index is 11.7. The lowest BCUT2D eigenvalue weighted by Gasteiger charge is -2.09. The molecule has 1 amide bonds. The van der Waals surface area contributed by atoms with Crippen LogP contribution in [0, 0.1) is 17.2 Å². The van der Waals surface area contributed by atoms with Gasteiger partial charge in [-0.05, 0) is 30.9 Å². The van der Waals surface area contributed by atoms with Crippen LogP contribution >= 0.6 is 15.9 Å². The molecule has 0 bridgehead atoms. The molecule has 0 saturated heterocycles. The summed E-state index contributed by atoms with van der Waals surface area (Å²) >= 11 is 3.55. The molecule has 1 aromatic heterocycles. The van der Waals surface area contributed by atoms with Crippen LogP contribution in [0.5, 0.6) is 0 Å². The van der Waals surface area contributed by atoms with E-state index in [4.69, 9.17) is 5.26 Å². The van der Waals surface area contributed by atoms with Crippen molar-refractivity contribution in [2.75, 3.05) is 6.54 Å². The Kier molecular flexibility index (Phi) is 3.75. The number of alkyl halides is 1. The largest absolute Gasteiger partial charge is 0.350 e. The number of hydrogen-bond acceptors (Lipinski definition) is 3. The third-order valence-corrected chi connectivity index (χ3v) is 3.79. The number of aromatic nitrogens is 1. The number of nitriles is 1. The average molecular weight is 294 g/mol. The normalized spacial score (nSPS) is 16.0. The lowest BCUT2D eigenvalue weighted by Crippen LogP contribution is -2.30. The summed E-state index contributed by atoms with van der Waals surface area (Å²) in [6.45, 7) is 0.616. The number of amides is 1. The van der Waals surface area contributed by atoms with Crippen LogP contribution < -0.4 is 5.32 Å². The van der Waals surface area contributed by atoms with Crippen LogP contribution in [-0.2, 0) is 0 Å². The Morgan fingerprint density at radius 2 is 2.41 bits per heavy atom. The Morgan fingerprint density at radius 3 is 2.94 bits per heavy atom. The zero-order chi connectivity index (χ0) is 12.3. The highest BCUT2D eigenvalue weighted by molar-refractivity contribution is 9.09. The molecule has 1 unspecified atom stereocenters. The molecule has 0 spiro atoms. The molecule has 5 heteroatoms. The molecule has 1 atom stereocenters. The molecular weight excluding hydrogens is 282 g/mol. The zero-order valence-electron chi connectivity index (χ0n) is 9.19. The Labute approximate surface area is 108 Å². The molecule has 88 valence electrons. The fraction of sp³-hybridized carbons (Fsp3) is 0.417. The van der Waals surface area contributed by atoms with Gasteiger partial charge in [-0.1, -0.05) is 15.9 Å². The van der Waals surface area contributed by atoms with E-state index in [1.165, 1.54) is 19.0 Å². The van der Waals surface area contributed by atoms with Crippen LogP contribution in [0.2, 0.25) is 0 Å². The molecule has 1 N–H and O–H groups in total. The van der Waals surface area contributed by atoms with Crippen molar-refractivity contribution in [3.05, 3.63) is 29.6 Å². The first kappa shape index (κ1) is 12.1. The van der Waals surface area contributed by atoms with E-state index in [-0.39, 0.29) is 5.91 Å². The van der Waals surface area contributed by atoms with Crippen molar-refractivity contribution in [3.63, 3.8) is 0 Å². The van der Waals surface area contributed by atoms with Crippen LogP contribution in [0.15, 0.2) is 18.3 Å². The van der Waals surface area contributed by atoms with E-state index in [2.05, 4.69) is 26.2 Å². The van der Waals surface area contributed by atoms with E-state index in [0.29, 0.717) is 28.5 Å². The summed E-state index contributed by atoms with van der Waals surface area (Å²) in [5, 5.41) is 11.4. The molecule has 1 aliphatic rings. The fourth-order valence-electron chi connectivity index (χ4n) is 1.50. The minimum atomic E-state index is -0.195. The second kappa shape index (κ2) is 5.28. The summed E-state index contributed by atoms with van der Waals surface area (Å²) in [6, 6.07) is 5.12. The van der Waals surface area contributed by atoms with E-state index in [1.807, 2.05) is 6.07 Å². The number of hydrogen-bond donors (Lipinski definition) is 1. The molecule has 2 rings (SSSR count). The Balaban J connectivity index is 1.88. The number of halogens is 1. The summed E-state index contributed by atoms with van der Waals surface area (Å²) in [7, 11) is 0. The molecule has 4 nitrogen and oxygen atoms in total. The van der Waals surface area contributed by atoms with Gasteiger partial charge in [-0.3, -0.25) is 4.79 Å². The third-order valence-electron chi connectivity index (χ3n) is 2.72. The maximum atomic E-state index is 11.7. The van der Waals surface area contributed by atoms with Crippen molar-refractivity contribution in [1.29, 1.82) is 5.26 Å². The van der Waals surface area contributed by atoms with Gasteiger partial charge in [-0.2, -0.15) is 5.26 Å². The Morgan fingerprint density at radius 1 is 1.65 bits per heavy atom. The van der Waals surface area contributed by atoms with Gasteiger partial charge in [0.1, 0.15) is 11.8 Å². The summed E-state index contributed by atoms with van der Waals surface area (Å²) in [6.07, 6.45) is 3.88. The molecule has 1 heterocycles. The summed E-state index contributed by atoms with van der Waals surface area (Å²) in [5.74, 6) is 0.504. The molecular formula is C12H12BrN3O. The predicted octanol–water partition coefficient (Wildman–Crippen LogP) is 1.86. The predicted molar refractivity (Wildman–Crippen MR) is 66.7 cm³/mol. The number of rotatable bonds is 4. The molecule has 1 fully saturated rings. The zero-order valence-corrected chi connectivity index (χ0v) is 10.8. The van der Waals surface area contributed by atoms with E-state index in [9.17, 15) is 4.79 Å². The molecule has 1 aliphatic carbocycles. The molecule has 0 aromatic carbocycles. The third kappa shape index (κ3) is 3.27. The SMILES string of the molecule is N#Cc1ccc(C(=O)NCC(Br)C2CC2)nc1. The standard InChI is InChI=1S/C12H12BrN3O/c13-10(9-2-3-9)7-16-12(17)11-4-1-8(5-14)6-15-11/h1,4,6,9-10H,2-3,7H2,(H,16,17). The van der Waals surface area contributed by atoms with E-state index in [0.717, 1.165) is 0 Å². The fourth-order valence-corrected chi connectivity index (χ4v) is 2.19. The van der Waals surface area contributed by atoms with Crippen molar-refractivity contribution < 1.29 is 4.79 Å². The van der Waals surface area contributed by atoms with Gasteiger partial charge in [0.05, 0.1) is 5.56 Å². The lowest BCUT2D eigenvalue weighted by atomic mass is 10.2. The van der Waals surface area contributed by atoms with Crippen molar-refractivity contribution in [1.82, 2.24) is 10.3 Å². The number of pyridine rings is 1. The van der Waals surface area contributed by atoms with Gasteiger partial charge in [-0.15, -0.1) is 0 Å². The highest BCUT2D eigenvalue weighted by Crippen LogP contribution is 2.36. The molecule has 17 heavy (non-hydrogen) atoms. The smallest absolute Gasteiger partial charge is 0.269 e. The first-order chi connectivity index (χ1) is 8.20. The van der Waals surface area contributed by atoms with Crippen LogP contribution in [-0.4, -0.2) is 22.3 Å². The van der Waals surface area contributed by atoms with E-state index in [1.54, 1.807) is 12.1 Å². The quantitative estimate of drug-likeness (QED) is 0.862. The minimum absolute atomic E-state index is 0.195. The second-order valence-electron chi connectivity index (χ2n) is 4.11. The summed E-state index contributed by atoms with van der Waals surface area (Å²) < 4.78 is 0. The number of carbonyl (C=O) groups is 1. The van der Waals surface area contributed by atoms with Crippen molar-refractivity contribution in [3.8, 4) is 6.07 Å². The van der Waals surface area contributed by atoms with Gasteiger partial charge < -0.3 is 5.32 Å². The lowest BCUT2D eigenvalue weighted by molar-refractivity contribution is 0.0948. The Hall–Kier alpha value is -1.41. The van der Waals surface area contributed by atoms with Gasteiger partial charge in [-0.25, -0.2) is 4.98 Å². The number of nitrogens with zero attached hydrogens (tertiary/aromatic N) is 2. The maximum Gasteiger partial charge on any atom is 0.269 e. The van der Waals surface area contributed by atoms with Crippen LogP contribution in [0.1, 0.15) is 28.9 Å². The van der Waals surface area contributed by atoms with E-state index >= 15 is 0 Å². The van der Waals surface area contributed by atoms with Gasteiger partial charge >= 0.3 is 0 Å². The molecule has 0 radical (unpaired) electrons. The first-order valence-corrected chi connectivity index (χ1v) is 6.40. The van der Waals surface area contributed by atoms with Crippen LogP contribution in [0.25, 0.3) is 0 Å². The van der Waals surface area contributed by atoms with Gasteiger partial charge in [0, 0.05) is 17.6 Å². The minimum Gasteiger partial charge on any atom is -0.350 e. The van der Waals surface area contributed by atoms with E-state index < -0.39 is 0 Å². The summed E-state index contributed by atoms with van der Waals surface area (Å²) in [5.41, 5.74) is 0.803. The van der Waals surface area contributed by atoms with Gasteiger partial charge in [0.25, 0.3) is 5.91 Å². The number of carbonyl (C=O) groups excluding carboxylic acids is 1. The molecule has 1 aromatic rings. The monoisotopic (exact) mass is 293 g/mol. The van der Waals surface area contributed by atoms with Crippen LogP contribution in [0.4, 0.5) is 0 Å². The van der Waals surface area contributed by atoms with Crippen molar-refractivity contribution in [2.24, 2.45) is 5.92 Å². The highest BCUT2D eigenvalue weighted by atomic mass is 79.9. The van der Waals surface area contributed by atoms with Crippen molar-refractivity contribution in [2.45, 2.75) is 17.7 Å². The Bertz CT molecular complexity index is 448. The second-order valence-corrected chi connectivity index (χ2v) is 5.28. The molecule has 1 saturated carbocycles. The summed E-state index contributed by atoms with van der Waals surface area (Å²) in [4.78, 5) is 16.0. The topological polar surface area (TPSA) is 65.8 Å².